The van der Waals surface area contributed by atoms with E-state index in [0.717, 1.165) is 5.56 Å². The van der Waals surface area contributed by atoms with Gasteiger partial charge in [0.1, 0.15) is 5.82 Å². The van der Waals surface area contributed by atoms with E-state index in [4.69, 9.17) is 5.73 Å². The number of primary amides is 1. The minimum atomic E-state index is -0.274. The molecule has 126 valence electrons. The van der Waals surface area contributed by atoms with Crippen molar-refractivity contribution in [3.63, 3.8) is 0 Å². The zero-order valence-corrected chi connectivity index (χ0v) is 14.3. The Morgan fingerprint density at radius 2 is 1.78 bits per heavy atom. The number of nitrogens with two attached hydrogens (primary N) is 1. The molecule has 1 fully saturated rings. The fraction of sp³-hybridized carbons (Fsp3) is 0.529. The zero-order chi connectivity index (χ0) is 17.0. The van der Waals surface area contributed by atoms with Gasteiger partial charge in [-0.2, -0.15) is 0 Å². The standard InChI is InChI=1S/C17H23FN2O2S/c1-11(13-3-5-15(18)6-4-13)23-12(2)17(22)20-9-7-14(8-10-20)16(19)21/h3-6,11-12,14H,7-10H2,1-2H3,(H2,19,21)/t11-,12-/m0/s1. The van der Waals surface area contributed by atoms with Crippen LogP contribution < -0.4 is 5.73 Å². The lowest BCUT2D eigenvalue weighted by molar-refractivity contribution is -0.134. The number of carbonyl (C=O) groups excluding carboxylic acids is 2. The van der Waals surface area contributed by atoms with Gasteiger partial charge >= 0.3 is 0 Å². The van der Waals surface area contributed by atoms with Gasteiger partial charge < -0.3 is 10.6 Å². The van der Waals surface area contributed by atoms with Crippen LogP contribution in [0.15, 0.2) is 24.3 Å². The molecule has 23 heavy (non-hydrogen) atoms. The summed E-state index contributed by atoms with van der Waals surface area (Å²) in [6.07, 6.45) is 1.29. The van der Waals surface area contributed by atoms with Crippen molar-refractivity contribution in [3.8, 4) is 0 Å². The Balaban J connectivity index is 1.87. The van der Waals surface area contributed by atoms with Gasteiger partial charge in [0.25, 0.3) is 0 Å². The summed E-state index contributed by atoms with van der Waals surface area (Å²) in [5.74, 6) is -0.552. The molecule has 1 aromatic carbocycles. The molecular weight excluding hydrogens is 315 g/mol. The monoisotopic (exact) mass is 338 g/mol. The van der Waals surface area contributed by atoms with Gasteiger partial charge in [-0.3, -0.25) is 9.59 Å². The second-order valence-electron chi connectivity index (χ2n) is 5.97. The van der Waals surface area contributed by atoms with Gasteiger partial charge in [-0.05, 0) is 44.4 Å². The summed E-state index contributed by atoms with van der Waals surface area (Å²) in [6, 6.07) is 6.38. The molecule has 2 atom stereocenters. The summed E-state index contributed by atoms with van der Waals surface area (Å²) in [7, 11) is 0. The van der Waals surface area contributed by atoms with Gasteiger partial charge in [0.05, 0.1) is 5.25 Å². The molecule has 0 unspecified atom stereocenters. The van der Waals surface area contributed by atoms with Crippen LogP contribution in [0, 0.1) is 11.7 Å². The van der Waals surface area contributed by atoms with E-state index in [2.05, 4.69) is 0 Å². The third-order valence-corrected chi connectivity index (χ3v) is 5.59. The third-order valence-electron chi connectivity index (χ3n) is 4.30. The van der Waals surface area contributed by atoms with Gasteiger partial charge in [0.2, 0.25) is 11.8 Å². The summed E-state index contributed by atoms with van der Waals surface area (Å²) in [5.41, 5.74) is 6.32. The van der Waals surface area contributed by atoms with Crippen molar-refractivity contribution < 1.29 is 14.0 Å². The first-order chi connectivity index (χ1) is 10.9. The van der Waals surface area contributed by atoms with Crippen LogP contribution in [0.5, 0.6) is 0 Å². The number of halogens is 1. The van der Waals surface area contributed by atoms with Crippen molar-refractivity contribution in [3.05, 3.63) is 35.6 Å². The van der Waals surface area contributed by atoms with E-state index in [1.165, 1.54) is 12.1 Å². The van der Waals surface area contributed by atoms with Crippen LogP contribution in [0.1, 0.15) is 37.5 Å². The first-order valence-corrected chi connectivity index (χ1v) is 8.81. The molecule has 1 saturated heterocycles. The number of thioether (sulfide) groups is 1. The van der Waals surface area contributed by atoms with Crippen molar-refractivity contribution in [2.75, 3.05) is 13.1 Å². The Labute approximate surface area is 140 Å². The Morgan fingerprint density at radius 3 is 2.30 bits per heavy atom. The summed E-state index contributed by atoms with van der Waals surface area (Å²) >= 11 is 1.56. The largest absolute Gasteiger partial charge is 0.369 e. The summed E-state index contributed by atoms with van der Waals surface area (Å²) in [5, 5.41) is -0.0714. The molecule has 2 rings (SSSR count). The van der Waals surface area contributed by atoms with E-state index < -0.39 is 0 Å². The lowest BCUT2D eigenvalue weighted by Gasteiger charge is -2.32. The molecule has 2 N–H and O–H groups in total. The number of nitrogens with zero attached hydrogens (tertiary/aromatic N) is 1. The number of amides is 2. The Bertz CT molecular complexity index is 556. The number of hydrogen-bond donors (Lipinski definition) is 1. The smallest absolute Gasteiger partial charge is 0.235 e. The van der Waals surface area contributed by atoms with Crippen LogP contribution in [0.4, 0.5) is 4.39 Å². The summed E-state index contributed by atoms with van der Waals surface area (Å²) in [4.78, 5) is 25.5. The summed E-state index contributed by atoms with van der Waals surface area (Å²) < 4.78 is 13.0. The molecule has 1 aromatic rings. The maximum absolute atomic E-state index is 13.0. The Hall–Kier alpha value is -1.56. The molecular formula is C17H23FN2O2S. The minimum absolute atomic E-state index is 0.0897. The van der Waals surface area contributed by atoms with E-state index in [-0.39, 0.29) is 34.0 Å². The highest BCUT2D eigenvalue weighted by Crippen LogP contribution is 2.33. The molecule has 0 saturated carbocycles. The fourth-order valence-corrected chi connectivity index (χ4v) is 4.01. The Morgan fingerprint density at radius 1 is 1.22 bits per heavy atom. The number of benzene rings is 1. The SMILES string of the molecule is C[C@H](S[C@@H](C)c1ccc(F)cc1)C(=O)N1CCC(C(N)=O)CC1. The second-order valence-corrected chi connectivity index (χ2v) is 7.66. The van der Waals surface area contributed by atoms with Crippen molar-refractivity contribution in [1.82, 2.24) is 4.90 Å². The molecule has 1 aliphatic heterocycles. The van der Waals surface area contributed by atoms with Gasteiger partial charge in [0, 0.05) is 24.3 Å². The van der Waals surface area contributed by atoms with Crippen molar-refractivity contribution in [2.24, 2.45) is 11.7 Å². The third kappa shape index (κ3) is 4.70. The fourth-order valence-electron chi connectivity index (χ4n) is 2.82. The molecule has 2 amide bonds. The number of carbonyl (C=O) groups is 2. The predicted molar refractivity (Wildman–Crippen MR) is 90.4 cm³/mol. The second kappa shape index (κ2) is 7.81. The van der Waals surface area contributed by atoms with Crippen molar-refractivity contribution >= 4 is 23.6 Å². The molecule has 4 nitrogen and oxygen atoms in total. The maximum Gasteiger partial charge on any atom is 0.235 e. The quantitative estimate of drug-likeness (QED) is 0.898. The van der Waals surface area contributed by atoms with Gasteiger partial charge in [-0.25, -0.2) is 4.39 Å². The minimum Gasteiger partial charge on any atom is -0.369 e. The lowest BCUT2D eigenvalue weighted by Crippen LogP contribution is -2.44. The average molecular weight is 338 g/mol. The van der Waals surface area contributed by atoms with Crippen molar-refractivity contribution in [1.29, 1.82) is 0 Å². The van der Waals surface area contributed by atoms with Crippen LogP contribution in [0.3, 0.4) is 0 Å². The predicted octanol–water partition coefficient (Wildman–Crippen LogP) is 2.73. The number of piperidine rings is 1. The summed E-state index contributed by atoms with van der Waals surface area (Å²) in [6.45, 7) is 5.08. The van der Waals surface area contributed by atoms with Gasteiger partial charge in [-0.15, -0.1) is 11.8 Å². The molecule has 6 heteroatoms. The van der Waals surface area contributed by atoms with E-state index in [1.807, 2.05) is 18.7 Å². The average Bonchev–Trinajstić information content (AvgIpc) is 2.54. The first kappa shape index (κ1) is 17.8. The Kier molecular flexibility index (Phi) is 6.04. The molecule has 0 spiro atoms. The zero-order valence-electron chi connectivity index (χ0n) is 13.5. The number of rotatable bonds is 5. The molecule has 1 heterocycles. The number of likely N-dealkylation sites (tertiary alicyclic amines) is 1. The van der Waals surface area contributed by atoms with Crippen LogP contribution in [0.25, 0.3) is 0 Å². The van der Waals surface area contributed by atoms with Gasteiger partial charge in [-0.1, -0.05) is 12.1 Å². The first-order valence-electron chi connectivity index (χ1n) is 7.87. The number of hydrogen-bond acceptors (Lipinski definition) is 3. The molecule has 0 radical (unpaired) electrons. The van der Waals surface area contributed by atoms with E-state index >= 15 is 0 Å². The molecule has 1 aliphatic rings. The van der Waals surface area contributed by atoms with E-state index in [9.17, 15) is 14.0 Å². The van der Waals surface area contributed by atoms with Crippen LogP contribution in [-0.4, -0.2) is 35.1 Å². The van der Waals surface area contributed by atoms with Crippen LogP contribution >= 0.6 is 11.8 Å². The topological polar surface area (TPSA) is 63.4 Å². The molecule has 0 aliphatic carbocycles. The molecule has 0 bridgehead atoms. The van der Waals surface area contributed by atoms with Crippen molar-refractivity contribution in [2.45, 2.75) is 37.2 Å². The van der Waals surface area contributed by atoms with Crippen LogP contribution in [-0.2, 0) is 9.59 Å². The van der Waals surface area contributed by atoms with E-state index in [0.29, 0.717) is 25.9 Å². The van der Waals surface area contributed by atoms with Crippen LogP contribution in [0.2, 0.25) is 0 Å². The highest BCUT2D eigenvalue weighted by molar-refractivity contribution is 8.00. The normalized spacial score (nSPS) is 18.5. The highest BCUT2D eigenvalue weighted by Gasteiger charge is 2.29. The molecule has 0 aromatic heterocycles. The maximum atomic E-state index is 13.0. The van der Waals surface area contributed by atoms with Gasteiger partial charge in [0.15, 0.2) is 0 Å². The lowest BCUT2D eigenvalue weighted by atomic mass is 9.96. The highest BCUT2D eigenvalue weighted by atomic mass is 32.2. The van der Waals surface area contributed by atoms with E-state index in [1.54, 1.807) is 23.9 Å².